The SMILES string of the molecule is CN(C)C=O.COC(=O)c1ccccc1C(=O)OC. The molecule has 0 N–H and O–H groups in total. The van der Waals surface area contributed by atoms with Crippen LogP contribution in [0.3, 0.4) is 0 Å². The van der Waals surface area contributed by atoms with Crippen LogP contribution >= 0.6 is 0 Å². The first-order valence-corrected chi connectivity index (χ1v) is 5.35. The van der Waals surface area contributed by atoms with E-state index in [1.807, 2.05) is 0 Å². The first-order valence-electron chi connectivity index (χ1n) is 5.35. The highest BCUT2D eigenvalue weighted by atomic mass is 16.5. The maximum absolute atomic E-state index is 11.2. The molecule has 0 heterocycles. The molecule has 0 aliphatic heterocycles. The van der Waals surface area contributed by atoms with Crippen molar-refractivity contribution in [3.63, 3.8) is 0 Å². The first kappa shape index (κ1) is 16.6. The lowest BCUT2D eigenvalue weighted by molar-refractivity contribution is -0.115. The van der Waals surface area contributed by atoms with Crippen LogP contribution in [0.1, 0.15) is 20.7 Å². The summed E-state index contributed by atoms with van der Waals surface area (Å²) in [6.07, 6.45) is 0.750. The molecule has 19 heavy (non-hydrogen) atoms. The summed E-state index contributed by atoms with van der Waals surface area (Å²) >= 11 is 0. The molecular weight excluding hydrogens is 250 g/mol. The molecule has 0 saturated carbocycles. The summed E-state index contributed by atoms with van der Waals surface area (Å²) in [5, 5.41) is 0. The summed E-state index contributed by atoms with van der Waals surface area (Å²) in [7, 11) is 5.90. The Labute approximate surface area is 111 Å². The Morgan fingerprint density at radius 2 is 1.32 bits per heavy atom. The Bertz CT molecular complexity index is 407. The molecule has 0 spiro atoms. The van der Waals surface area contributed by atoms with Crippen LogP contribution in [0.4, 0.5) is 0 Å². The number of carbonyl (C=O) groups excluding carboxylic acids is 3. The molecule has 1 aromatic rings. The van der Waals surface area contributed by atoms with E-state index in [0.29, 0.717) is 0 Å². The molecule has 1 amide bonds. The minimum Gasteiger partial charge on any atom is -0.465 e. The second kappa shape index (κ2) is 8.68. The van der Waals surface area contributed by atoms with Gasteiger partial charge in [-0.2, -0.15) is 0 Å². The second-order valence-corrected chi connectivity index (χ2v) is 3.60. The van der Waals surface area contributed by atoms with Gasteiger partial charge in [0, 0.05) is 14.1 Å². The Hall–Kier alpha value is -2.37. The third kappa shape index (κ3) is 5.67. The topological polar surface area (TPSA) is 72.9 Å². The lowest BCUT2D eigenvalue weighted by Crippen LogP contribution is -2.11. The van der Waals surface area contributed by atoms with Crippen LogP contribution in [0.15, 0.2) is 24.3 Å². The predicted octanol–water partition coefficient (Wildman–Crippen LogP) is 0.964. The molecular formula is C13H17NO5. The van der Waals surface area contributed by atoms with E-state index in [0.717, 1.165) is 6.41 Å². The molecule has 0 fully saturated rings. The normalized spacial score (nSPS) is 8.63. The Kier molecular flexibility index (Phi) is 7.60. The molecule has 0 aromatic heterocycles. The number of rotatable bonds is 3. The van der Waals surface area contributed by atoms with Crippen molar-refractivity contribution >= 4 is 18.3 Å². The number of benzene rings is 1. The van der Waals surface area contributed by atoms with Crippen molar-refractivity contribution in [3.05, 3.63) is 35.4 Å². The predicted molar refractivity (Wildman–Crippen MR) is 68.9 cm³/mol. The summed E-state index contributed by atoms with van der Waals surface area (Å²) in [5.74, 6) is -1.10. The molecule has 1 rings (SSSR count). The van der Waals surface area contributed by atoms with Crippen molar-refractivity contribution in [2.45, 2.75) is 0 Å². The van der Waals surface area contributed by atoms with Crippen molar-refractivity contribution in [2.75, 3.05) is 28.3 Å². The minimum absolute atomic E-state index is 0.210. The van der Waals surface area contributed by atoms with Gasteiger partial charge in [0.15, 0.2) is 0 Å². The zero-order valence-corrected chi connectivity index (χ0v) is 11.4. The maximum atomic E-state index is 11.2. The highest BCUT2D eigenvalue weighted by Crippen LogP contribution is 2.10. The van der Waals surface area contributed by atoms with E-state index in [9.17, 15) is 14.4 Å². The highest BCUT2D eigenvalue weighted by Gasteiger charge is 2.16. The van der Waals surface area contributed by atoms with Crippen molar-refractivity contribution < 1.29 is 23.9 Å². The van der Waals surface area contributed by atoms with Gasteiger partial charge in [0.1, 0.15) is 0 Å². The monoisotopic (exact) mass is 267 g/mol. The third-order valence-electron chi connectivity index (χ3n) is 1.95. The number of hydrogen-bond donors (Lipinski definition) is 0. The average Bonchev–Trinajstić information content (AvgIpc) is 2.46. The fourth-order valence-electron chi connectivity index (χ4n) is 1.06. The largest absolute Gasteiger partial charge is 0.465 e. The fraction of sp³-hybridized carbons (Fsp3) is 0.308. The average molecular weight is 267 g/mol. The van der Waals surface area contributed by atoms with Crippen LogP contribution in [0.2, 0.25) is 0 Å². The van der Waals surface area contributed by atoms with Crippen LogP contribution in [0, 0.1) is 0 Å². The zero-order valence-electron chi connectivity index (χ0n) is 11.4. The number of amides is 1. The number of carbonyl (C=O) groups is 3. The molecule has 0 aliphatic carbocycles. The van der Waals surface area contributed by atoms with Gasteiger partial charge >= 0.3 is 11.9 Å². The summed E-state index contributed by atoms with van der Waals surface area (Å²) in [6.45, 7) is 0. The van der Waals surface area contributed by atoms with Gasteiger partial charge in [-0.15, -0.1) is 0 Å². The van der Waals surface area contributed by atoms with E-state index < -0.39 is 11.9 Å². The molecule has 0 bridgehead atoms. The summed E-state index contributed by atoms with van der Waals surface area (Å²) in [4.78, 5) is 33.3. The Balaban J connectivity index is 0.000000555. The molecule has 0 aliphatic rings. The van der Waals surface area contributed by atoms with Crippen LogP contribution in [0.5, 0.6) is 0 Å². The van der Waals surface area contributed by atoms with Crippen LogP contribution in [0.25, 0.3) is 0 Å². The Morgan fingerprint density at radius 3 is 1.53 bits per heavy atom. The molecule has 1 aromatic carbocycles. The van der Waals surface area contributed by atoms with Crippen LogP contribution < -0.4 is 0 Å². The molecule has 6 heteroatoms. The summed E-state index contributed by atoms with van der Waals surface area (Å²) in [5.41, 5.74) is 0.420. The van der Waals surface area contributed by atoms with E-state index >= 15 is 0 Å². The number of nitrogens with zero attached hydrogens (tertiary/aromatic N) is 1. The molecule has 0 atom stereocenters. The van der Waals surface area contributed by atoms with Gasteiger partial charge in [0.2, 0.25) is 6.41 Å². The van der Waals surface area contributed by atoms with Crippen LogP contribution in [-0.4, -0.2) is 51.6 Å². The van der Waals surface area contributed by atoms with Gasteiger partial charge in [-0.1, -0.05) is 12.1 Å². The lowest BCUT2D eigenvalue weighted by Gasteiger charge is -2.04. The second-order valence-electron chi connectivity index (χ2n) is 3.60. The molecule has 0 radical (unpaired) electrons. The molecule has 0 unspecified atom stereocenters. The Morgan fingerprint density at radius 1 is 1.00 bits per heavy atom. The maximum Gasteiger partial charge on any atom is 0.338 e. The molecule has 104 valence electrons. The quantitative estimate of drug-likeness (QED) is 0.602. The van der Waals surface area contributed by atoms with E-state index in [1.54, 1.807) is 26.2 Å². The van der Waals surface area contributed by atoms with Crippen molar-refractivity contribution in [2.24, 2.45) is 0 Å². The first-order chi connectivity index (χ1) is 8.97. The summed E-state index contributed by atoms with van der Waals surface area (Å²) < 4.78 is 9.05. The standard InChI is InChI=1S/C10H10O4.C3H7NO/c1-13-9(11)7-5-3-4-6-8(7)10(12)14-2;1-4(2)3-5/h3-6H,1-2H3;3H,1-2H3. The van der Waals surface area contributed by atoms with E-state index in [2.05, 4.69) is 9.47 Å². The van der Waals surface area contributed by atoms with Gasteiger partial charge in [-0.3, -0.25) is 4.79 Å². The number of esters is 2. The highest BCUT2D eigenvalue weighted by molar-refractivity contribution is 6.02. The van der Waals surface area contributed by atoms with Gasteiger partial charge in [0.05, 0.1) is 25.3 Å². The fourth-order valence-corrected chi connectivity index (χ4v) is 1.06. The number of methoxy groups -OCH3 is 2. The number of hydrogen-bond acceptors (Lipinski definition) is 5. The molecule has 0 saturated heterocycles. The van der Waals surface area contributed by atoms with E-state index in [-0.39, 0.29) is 11.1 Å². The smallest absolute Gasteiger partial charge is 0.338 e. The van der Waals surface area contributed by atoms with Gasteiger partial charge in [0.25, 0.3) is 0 Å². The van der Waals surface area contributed by atoms with Crippen LogP contribution in [-0.2, 0) is 14.3 Å². The van der Waals surface area contributed by atoms with E-state index in [1.165, 1.54) is 31.3 Å². The zero-order chi connectivity index (χ0) is 14.8. The third-order valence-corrected chi connectivity index (χ3v) is 1.95. The van der Waals surface area contributed by atoms with Crippen molar-refractivity contribution in [3.8, 4) is 0 Å². The van der Waals surface area contributed by atoms with E-state index in [4.69, 9.17) is 0 Å². The van der Waals surface area contributed by atoms with Gasteiger partial charge in [-0.25, -0.2) is 9.59 Å². The van der Waals surface area contributed by atoms with Crippen molar-refractivity contribution in [1.82, 2.24) is 4.90 Å². The minimum atomic E-state index is -0.550. The van der Waals surface area contributed by atoms with Gasteiger partial charge < -0.3 is 14.4 Å². The molecule has 6 nitrogen and oxygen atoms in total. The van der Waals surface area contributed by atoms with Crippen molar-refractivity contribution in [1.29, 1.82) is 0 Å². The number of ether oxygens (including phenoxy) is 2. The lowest BCUT2D eigenvalue weighted by atomic mass is 10.1. The summed E-state index contributed by atoms with van der Waals surface area (Å²) in [6, 6.07) is 6.33. The van der Waals surface area contributed by atoms with Gasteiger partial charge in [-0.05, 0) is 12.1 Å².